The Hall–Kier alpha value is -2.85. The molecule has 0 saturated carbocycles. The van der Waals surface area contributed by atoms with Gasteiger partial charge < -0.3 is 9.47 Å². The van der Waals surface area contributed by atoms with E-state index in [1.54, 1.807) is 19.1 Å². The molecule has 1 aliphatic heterocycles. The average Bonchev–Trinajstić information content (AvgIpc) is 3.12. The van der Waals surface area contributed by atoms with Gasteiger partial charge in [0, 0.05) is 11.1 Å². The van der Waals surface area contributed by atoms with Gasteiger partial charge in [0.2, 0.25) is 0 Å². The van der Waals surface area contributed by atoms with E-state index in [2.05, 4.69) is 4.98 Å². The Morgan fingerprint density at radius 1 is 1.29 bits per heavy atom. The molecule has 0 spiro atoms. The Morgan fingerprint density at radius 2 is 2.06 bits per heavy atom. The molecule has 11 heteroatoms. The maximum Gasteiger partial charge on any atom is 0.310 e. The van der Waals surface area contributed by atoms with E-state index in [4.69, 9.17) is 21.1 Å². The Labute approximate surface area is 183 Å². The van der Waals surface area contributed by atoms with E-state index in [1.807, 2.05) is 0 Å². The lowest BCUT2D eigenvalue weighted by Crippen LogP contribution is -2.46. The smallest absolute Gasteiger partial charge is 0.310 e. The normalized spacial score (nSPS) is 15.7. The summed E-state index contributed by atoms with van der Waals surface area (Å²) >= 11 is 6.85. The second-order valence-electron chi connectivity index (χ2n) is 6.59. The number of carbonyl (C=O) groups is 2. The van der Waals surface area contributed by atoms with Crippen LogP contribution in [0.2, 0.25) is 5.02 Å². The molecule has 1 atom stereocenters. The summed E-state index contributed by atoms with van der Waals surface area (Å²) in [6, 6.07) is 5.41. The minimum Gasteiger partial charge on any atom is -0.478 e. The summed E-state index contributed by atoms with van der Waals surface area (Å²) in [5.74, 6) is -5.13. The van der Waals surface area contributed by atoms with Gasteiger partial charge in [-0.2, -0.15) is 0 Å². The first-order valence-electron chi connectivity index (χ1n) is 9.14. The summed E-state index contributed by atoms with van der Waals surface area (Å²) in [5.41, 5.74) is 0.265. The molecule has 4 rings (SSSR count). The number of hydrogen-bond acceptors (Lipinski definition) is 6. The first-order chi connectivity index (χ1) is 14.8. The van der Waals surface area contributed by atoms with Crippen LogP contribution < -0.4 is 9.64 Å². The number of carbonyl (C=O) groups excluding carboxylic acids is 2. The maximum atomic E-state index is 14.1. The van der Waals surface area contributed by atoms with Crippen molar-refractivity contribution in [2.75, 3.05) is 11.5 Å². The van der Waals surface area contributed by atoms with E-state index in [9.17, 15) is 22.8 Å². The molecule has 0 fully saturated rings. The van der Waals surface area contributed by atoms with Crippen molar-refractivity contribution in [3.8, 4) is 5.75 Å². The molecular weight excluding hydrogens is 457 g/mol. The molecule has 0 radical (unpaired) electrons. The van der Waals surface area contributed by atoms with Crippen LogP contribution in [-0.2, 0) is 20.9 Å². The zero-order valence-electron chi connectivity index (χ0n) is 16.0. The van der Waals surface area contributed by atoms with Gasteiger partial charge in [0.25, 0.3) is 5.91 Å². The number of ether oxygens (including phenoxy) is 2. The fourth-order valence-electron chi connectivity index (χ4n) is 3.18. The van der Waals surface area contributed by atoms with Crippen LogP contribution in [-0.4, -0.2) is 29.6 Å². The molecule has 3 aromatic rings. The van der Waals surface area contributed by atoms with E-state index >= 15 is 0 Å². The minimum absolute atomic E-state index is 0.0634. The molecule has 2 aromatic carbocycles. The first kappa shape index (κ1) is 21.4. The van der Waals surface area contributed by atoms with Crippen molar-refractivity contribution in [1.29, 1.82) is 0 Å². The summed E-state index contributed by atoms with van der Waals surface area (Å²) in [4.78, 5) is 30.4. The van der Waals surface area contributed by atoms with Gasteiger partial charge in [-0.25, -0.2) is 18.2 Å². The van der Waals surface area contributed by atoms with Crippen molar-refractivity contribution in [2.45, 2.75) is 26.0 Å². The molecule has 0 aliphatic carbocycles. The van der Waals surface area contributed by atoms with Crippen LogP contribution in [0.1, 0.15) is 18.4 Å². The van der Waals surface area contributed by atoms with E-state index < -0.39 is 35.4 Å². The summed E-state index contributed by atoms with van der Waals surface area (Å²) in [6.07, 6.45) is -1.45. The molecule has 2 heterocycles. The highest BCUT2D eigenvalue weighted by Gasteiger charge is 2.37. The van der Waals surface area contributed by atoms with E-state index in [0.717, 1.165) is 17.4 Å². The van der Waals surface area contributed by atoms with Crippen molar-refractivity contribution < 1.29 is 32.2 Å². The highest BCUT2D eigenvalue weighted by atomic mass is 35.5. The number of hydrogen-bond donors (Lipinski definition) is 0. The zero-order valence-corrected chi connectivity index (χ0v) is 17.5. The lowest BCUT2D eigenvalue weighted by atomic mass is 10.1. The lowest BCUT2D eigenvalue weighted by molar-refractivity contribution is -0.147. The van der Waals surface area contributed by atoms with E-state index in [0.29, 0.717) is 16.5 Å². The number of halogens is 4. The second kappa shape index (κ2) is 8.35. The van der Waals surface area contributed by atoms with Crippen molar-refractivity contribution >= 4 is 50.7 Å². The number of anilines is 1. The molecule has 6 nitrogen and oxygen atoms in total. The van der Waals surface area contributed by atoms with Crippen LogP contribution >= 0.6 is 22.9 Å². The van der Waals surface area contributed by atoms with Gasteiger partial charge >= 0.3 is 5.97 Å². The largest absolute Gasteiger partial charge is 0.478 e. The molecule has 1 amide bonds. The van der Waals surface area contributed by atoms with Crippen molar-refractivity contribution in [2.24, 2.45) is 0 Å². The zero-order chi connectivity index (χ0) is 22.3. The Morgan fingerprint density at radius 3 is 2.81 bits per heavy atom. The van der Waals surface area contributed by atoms with Gasteiger partial charge in [-0.3, -0.25) is 14.5 Å². The van der Waals surface area contributed by atoms with Crippen LogP contribution in [0.25, 0.3) is 10.2 Å². The van der Waals surface area contributed by atoms with Crippen LogP contribution in [0.15, 0.2) is 24.3 Å². The second-order valence-corrected chi connectivity index (χ2v) is 8.11. The molecular formula is C20H14ClF3N2O4S. The van der Waals surface area contributed by atoms with E-state index in [-0.39, 0.29) is 34.8 Å². The molecule has 31 heavy (non-hydrogen) atoms. The van der Waals surface area contributed by atoms with Gasteiger partial charge in [-0.1, -0.05) is 11.6 Å². The third-order valence-electron chi connectivity index (χ3n) is 4.54. The third-order valence-corrected chi connectivity index (χ3v) is 5.82. The summed E-state index contributed by atoms with van der Waals surface area (Å²) in [7, 11) is 0. The molecule has 1 aromatic heterocycles. The van der Waals surface area contributed by atoms with Gasteiger partial charge in [0.15, 0.2) is 23.6 Å². The monoisotopic (exact) mass is 470 g/mol. The van der Waals surface area contributed by atoms with Gasteiger partial charge in [-0.05, 0) is 25.1 Å². The van der Waals surface area contributed by atoms with Crippen molar-refractivity contribution in [1.82, 2.24) is 4.98 Å². The Balaban J connectivity index is 1.71. The number of esters is 1. The maximum absolute atomic E-state index is 14.1. The van der Waals surface area contributed by atoms with E-state index in [1.165, 1.54) is 11.0 Å². The van der Waals surface area contributed by atoms with Crippen LogP contribution in [0.5, 0.6) is 5.75 Å². The number of thiazole rings is 1. The molecule has 0 N–H and O–H groups in total. The highest BCUT2D eigenvalue weighted by molar-refractivity contribution is 7.18. The van der Waals surface area contributed by atoms with Gasteiger partial charge in [-0.15, -0.1) is 11.3 Å². The fraction of sp³-hybridized carbons (Fsp3) is 0.250. The van der Waals surface area contributed by atoms with Crippen LogP contribution in [0.3, 0.4) is 0 Å². The van der Waals surface area contributed by atoms with Gasteiger partial charge in [0.1, 0.15) is 10.8 Å². The van der Waals surface area contributed by atoms with Crippen molar-refractivity contribution in [3.63, 3.8) is 0 Å². The number of amides is 1. The number of rotatable bonds is 5. The Bertz CT molecular complexity index is 1200. The SMILES string of the molecule is CCOC(=O)CC1Oc2ccc(Cl)cc2N(Cc2nc3cc(F)c(F)c(F)c3s2)C1=O. The first-order valence-corrected chi connectivity index (χ1v) is 10.3. The molecule has 0 bridgehead atoms. The Kier molecular flexibility index (Phi) is 5.76. The molecule has 162 valence electrons. The summed E-state index contributed by atoms with van der Waals surface area (Å²) in [6.45, 7) is 1.65. The lowest BCUT2D eigenvalue weighted by Gasteiger charge is -2.33. The highest BCUT2D eigenvalue weighted by Crippen LogP contribution is 2.39. The van der Waals surface area contributed by atoms with Gasteiger partial charge in [0.05, 0.1) is 35.5 Å². The van der Waals surface area contributed by atoms with Crippen LogP contribution in [0, 0.1) is 17.5 Å². The minimum atomic E-state index is -1.59. The molecule has 1 aliphatic rings. The number of aromatic nitrogens is 1. The number of fused-ring (bicyclic) bond motifs is 2. The standard InChI is InChI=1S/C20H14ClF3N2O4S/c1-2-29-16(27)7-14-20(28)26(12-5-9(21)3-4-13(12)30-14)8-15-25-11-6-10(22)17(23)18(24)19(11)31-15/h3-6,14H,2,7-8H2,1H3. The van der Waals surface area contributed by atoms with Crippen LogP contribution in [0.4, 0.5) is 18.9 Å². The number of benzene rings is 2. The summed E-state index contributed by atoms with van der Waals surface area (Å²) < 4.78 is 51.6. The third kappa shape index (κ3) is 4.05. The average molecular weight is 471 g/mol. The topological polar surface area (TPSA) is 68.7 Å². The van der Waals surface area contributed by atoms with Crippen molar-refractivity contribution in [3.05, 3.63) is 51.7 Å². The quantitative estimate of drug-likeness (QED) is 0.402. The predicted octanol–water partition coefficient (Wildman–Crippen LogP) is 4.61. The molecule has 0 saturated heterocycles. The summed E-state index contributed by atoms with van der Waals surface area (Å²) in [5, 5.41) is 0.568. The number of nitrogens with zero attached hydrogens (tertiary/aromatic N) is 2. The predicted molar refractivity (Wildman–Crippen MR) is 108 cm³/mol. The molecule has 1 unspecified atom stereocenters. The fourth-order valence-corrected chi connectivity index (χ4v) is 4.31.